The van der Waals surface area contributed by atoms with Crippen LogP contribution in [0.15, 0.2) is 28.9 Å². The molecule has 18 heavy (non-hydrogen) atoms. The molecule has 0 bridgehead atoms. The van der Waals surface area contributed by atoms with E-state index in [2.05, 4.69) is 14.9 Å². The predicted molar refractivity (Wildman–Crippen MR) is 63.4 cm³/mol. The Hall–Kier alpha value is -2.09. The first kappa shape index (κ1) is 12.4. The van der Waals surface area contributed by atoms with Gasteiger partial charge in [0.25, 0.3) is 0 Å². The zero-order chi connectivity index (χ0) is 13.2. The zero-order valence-electron chi connectivity index (χ0n) is 9.49. The van der Waals surface area contributed by atoms with Crippen LogP contribution in [0.5, 0.6) is 5.75 Å². The topological polar surface area (TPSA) is 105 Å². The van der Waals surface area contributed by atoms with Crippen molar-refractivity contribution in [1.29, 1.82) is 0 Å². The molecule has 2 rings (SSSR count). The van der Waals surface area contributed by atoms with Crippen LogP contribution in [0.4, 0.5) is 5.82 Å². The molecule has 0 fully saturated rings. The lowest BCUT2D eigenvalue weighted by molar-refractivity contribution is 0.392. The van der Waals surface area contributed by atoms with Gasteiger partial charge in [-0.25, -0.2) is 13.4 Å². The molecule has 7 nitrogen and oxygen atoms in total. The van der Waals surface area contributed by atoms with Crippen molar-refractivity contribution in [3.63, 3.8) is 0 Å². The standard InChI is InChI=1S/C10H11N3O4S/c1-7-5-8(12-17-7)6-18(15,16)13-10-9(14)3-2-4-11-10/h2-5,14H,6H2,1H3,(H,11,13). The average Bonchev–Trinajstić information content (AvgIpc) is 2.66. The van der Waals surface area contributed by atoms with E-state index in [0.29, 0.717) is 5.76 Å². The van der Waals surface area contributed by atoms with Crippen LogP contribution in [-0.4, -0.2) is 23.7 Å². The van der Waals surface area contributed by atoms with E-state index >= 15 is 0 Å². The molecule has 2 N–H and O–H groups in total. The van der Waals surface area contributed by atoms with Crippen molar-refractivity contribution in [3.8, 4) is 5.75 Å². The highest BCUT2D eigenvalue weighted by Gasteiger charge is 2.16. The van der Waals surface area contributed by atoms with Crippen LogP contribution < -0.4 is 4.72 Å². The molecule has 2 heterocycles. The largest absolute Gasteiger partial charge is 0.504 e. The lowest BCUT2D eigenvalue weighted by Crippen LogP contribution is -2.16. The van der Waals surface area contributed by atoms with Crippen LogP contribution in [0.25, 0.3) is 0 Å². The van der Waals surface area contributed by atoms with Gasteiger partial charge in [0.05, 0.1) is 0 Å². The number of aryl methyl sites for hydroxylation is 1. The van der Waals surface area contributed by atoms with Crippen LogP contribution in [-0.2, 0) is 15.8 Å². The van der Waals surface area contributed by atoms with Gasteiger partial charge in [0.2, 0.25) is 10.0 Å². The van der Waals surface area contributed by atoms with Crippen molar-refractivity contribution in [1.82, 2.24) is 10.1 Å². The Morgan fingerprint density at radius 3 is 2.89 bits per heavy atom. The molecular formula is C10H11N3O4S. The number of rotatable bonds is 4. The SMILES string of the molecule is Cc1cc(CS(=O)(=O)Nc2ncccc2O)no1. The number of aromatic hydroxyl groups is 1. The fraction of sp³-hybridized carbons (Fsp3) is 0.200. The van der Waals surface area contributed by atoms with Gasteiger partial charge in [0.1, 0.15) is 17.2 Å². The van der Waals surface area contributed by atoms with Crippen LogP contribution in [0.1, 0.15) is 11.5 Å². The van der Waals surface area contributed by atoms with E-state index in [0.717, 1.165) is 0 Å². The number of anilines is 1. The summed E-state index contributed by atoms with van der Waals surface area (Å²) in [5.74, 6) is -0.170. The number of pyridine rings is 1. The molecule has 0 atom stereocenters. The van der Waals surface area contributed by atoms with E-state index < -0.39 is 10.0 Å². The first-order valence-corrected chi connectivity index (χ1v) is 6.68. The lowest BCUT2D eigenvalue weighted by atomic mass is 10.4. The number of nitrogens with zero attached hydrogens (tertiary/aromatic N) is 2. The Morgan fingerprint density at radius 2 is 2.28 bits per heavy atom. The molecule has 96 valence electrons. The molecule has 0 aliphatic heterocycles. The molecule has 8 heteroatoms. The molecular weight excluding hydrogens is 258 g/mol. The molecule has 2 aromatic heterocycles. The summed E-state index contributed by atoms with van der Waals surface area (Å²) in [6, 6.07) is 4.36. The highest BCUT2D eigenvalue weighted by Crippen LogP contribution is 2.20. The molecule has 0 radical (unpaired) electrons. The smallest absolute Gasteiger partial charge is 0.239 e. The minimum Gasteiger partial charge on any atom is -0.504 e. The van der Waals surface area contributed by atoms with E-state index in [9.17, 15) is 13.5 Å². The Labute approximate surface area is 104 Å². The second kappa shape index (κ2) is 4.65. The van der Waals surface area contributed by atoms with Crippen LogP contribution >= 0.6 is 0 Å². The van der Waals surface area contributed by atoms with Gasteiger partial charge in [-0.2, -0.15) is 0 Å². The number of sulfonamides is 1. The Morgan fingerprint density at radius 1 is 1.50 bits per heavy atom. The van der Waals surface area contributed by atoms with Crippen molar-refractivity contribution in [2.45, 2.75) is 12.7 Å². The van der Waals surface area contributed by atoms with Crippen molar-refractivity contribution >= 4 is 15.8 Å². The van der Waals surface area contributed by atoms with Gasteiger partial charge in [-0.3, -0.25) is 4.72 Å². The van der Waals surface area contributed by atoms with Gasteiger partial charge in [0.15, 0.2) is 11.6 Å². The second-order valence-electron chi connectivity index (χ2n) is 3.66. The zero-order valence-corrected chi connectivity index (χ0v) is 10.3. The monoisotopic (exact) mass is 269 g/mol. The molecule has 0 spiro atoms. The Balaban J connectivity index is 2.15. The summed E-state index contributed by atoms with van der Waals surface area (Å²) in [6.07, 6.45) is 1.37. The van der Waals surface area contributed by atoms with Gasteiger partial charge in [-0.1, -0.05) is 5.16 Å². The number of aromatic nitrogens is 2. The maximum Gasteiger partial charge on any atom is 0.239 e. The predicted octanol–water partition coefficient (Wildman–Crippen LogP) is 1.03. The normalized spacial score (nSPS) is 11.4. The molecule has 0 amide bonds. The fourth-order valence-electron chi connectivity index (χ4n) is 1.34. The molecule has 0 aliphatic rings. The lowest BCUT2D eigenvalue weighted by Gasteiger charge is -2.06. The van der Waals surface area contributed by atoms with Crippen molar-refractivity contribution in [2.75, 3.05) is 4.72 Å². The van der Waals surface area contributed by atoms with Gasteiger partial charge in [-0.05, 0) is 19.1 Å². The second-order valence-corrected chi connectivity index (χ2v) is 5.38. The number of nitrogens with one attached hydrogen (secondary N) is 1. The first-order valence-electron chi connectivity index (χ1n) is 5.03. The Bertz CT molecular complexity index is 651. The van der Waals surface area contributed by atoms with Crippen LogP contribution in [0.2, 0.25) is 0 Å². The van der Waals surface area contributed by atoms with Gasteiger partial charge in [-0.15, -0.1) is 0 Å². The van der Waals surface area contributed by atoms with E-state index in [1.54, 1.807) is 6.92 Å². The van der Waals surface area contributed by atoms with E-state index in [-0.39, 0.29) is 23.0 Å². The summed E-state index contributed by atoms with van der Waals surface area (Å²) in [5, 5.41) is 13.0. The van der Waals surface area contributed by atoms with Gasteiger partial charge < -0.3 is 9.63 Å². The number of hydrogen-bond acceptors (Lipinski definition) is 6. The summed E-state index contributed by atoms with van der Waals surface area (Å²) in [5.41, 5.74) is 0.287. The number of hydrogen-bond donors (Lipinski definition) is 2. The van der Waals surface area contributed by atoms with E-state index in [1.165, 1.54) is 24.4 Å². The summed E-state index contributed by atoms with van der Waals surface area (Å²) < 4.78 is 30.5. The third kappa shape index (κ3) is 2.98. The maximum absolute atomic E-state index is 11.8. The quantitative estimate of drug-likeness (QED) is 0.858. The molecule has 0 saturated heterocycles. The van der Waals surface area contributed by atoms with Crippen LogP contribution in [0, 0.1) is 6.92 Å². The van der Waals surface area contributed by atoms with E-state index in [4.69, 9.17) is 4.52 Å². The highest BCUT2D eigenvalue weighted by atomic mass is 32.2. The first-order chi connectivity index (χ1) is 8.46. The maximum atomic E-state index is 11.8. The molecule has 0 unspecified atom stereocenters. The molecule has 0 saturated carbocycles. The minimum atomic E-state index is -3.69. The van der Waals surface area contributed by atoms with Gasteiger partial charge in [0, 0.05) is 12.3 Å². The fourth-order valence-corrected chi connectivity index (χ4v) is 2.39. The van der Waals surface area contributed by atoms with Crippen molar-refractivity contribution < 1.29 is 18.0 Å². The minimum absolute atomic E-state index is 0.113. The summed E-state index contributed by atoms with van der Waals surface area (Å²) >= 11 is 0. The van der Waals surface area contributed by atoms with Crippen molar-refractivity contribution in [2.24, 2.45) is 0 Å². The third-order valence-electron chi connectivity index (χ3n) is 2.05. The molecule has 2 aromatic rings. The summed E-state index contributed by atoms with van der Waals surface area (Å²) in [6.45, 7) is 1.67. The van der Waals surface area contributed by atoms with Crippen LogP contribution in [0.3, 0.4) is 0 Å². The summed E-state index contributed by atoms with van der Waals surface area (Å²) in [4.78, 5) is 3.73. The summed E-state index contributed by atoms with van der Waals surface area (Å²) in [7, 11) is -3.69. The van der Waals surface area contributed by atoms with Crippen molar-refractivity contribution in [3.05, 3.63) is 35.9 Å². The molecule has 0 aromatic carbocycles. The molecule has 0 aliphatic carbocycles. The Kier molecular flexibility index (Phi) is 3.19. The van der Waals surface area contributed by atoms with E-state index in [1.807, 2.05) is 0 Å². The highest BCUT2D eigenvalue weighted by molar-refractivity contribution is 7.91. The van der Waals surface area contributed by atoms with Gasteiger partial charge >= 0.3 is 0 Å². The third-order valence-corrected chi connectivity index (χ3v) is 3.23. The average molecular weight is 269 g/mol.